The lowest BCUT2D eigenvalue weighted by Gasteiger charge is -2.11. The molecule has 1 heterocycles. The van der Waals surface area contributed by atoms with Crippen molar-refractivity contribution in [2.75, 3.05) is 19.0 Å². The van der Waals surface area contributed by atoms with Gasteiger partial charge >= 0.3 is 0 Å². The van der Waals surface area contributed by atoms with E-state index in [2.05, 4.69) is 10.6 Å². The zero-order chi connectivity index (χ0) is 13.1. The molecular formula is C13H16N2O3. The SMILES string of the molecule is COc1ccc(NC(=O)C2CNC(=O)C2)cc1C. The van der Waals surface area contributed by atoms with Crippen LogP contribution in [0.5, 0.6) is 5.75 Å². The van der Waals surface area contributed by atoms with E-state index in [-0.39, 0.29) is 24.2 Å². The summed E-state index contributed by atoms with van der Waals surface area (Å²) in [5.74, 6) is 0.310. The third-order valence-corrected chi connectivity index (χ3v) is 3.01. The number of hydrogen-bond acceptors (Lipinski definition) is 3. The second kappa shape index (κ2) is 5.08. The molecule has 0 spiro atoms. The van der Waals surface area contributed by atoms with Crippen LogP contribution in [0, 0.1) is 12.8 Å². The van der Waals surface area contributed by atoms with Gasteiger partial charge in [0.2, 0.25) is 11.8 Å². The van der Waals surface area contributed by atoms with E-state index in [0.717, 1.165) is 17.0 Å². The largest absolute Gasteiger partial charge is 0.496 e. The fraction of sp³-hybridized carbons (Fsp3) is 0.385. The van der Waals surface area contributed by atoms with Gasteiger partial charge in [-0.05, 0) is 30.7 Å². The lowest BCUT2D eigenvalue weighted by molar-refractivity contribution is -0.123. The van der Waals surface area contributed by atoms with Crippen molar-refractivity contribution in [3.63, 3.8) is 0 Å². The summed E-state index contributed by atoms with van der Waals surface area (Å²) < 4.78 is 5.15. The van der Waals surface area contributed by atoms with Crippen LogP contribution in [0.3, 0.4) is 0 Å². The summed E-state index contributed by atoms with van der Waals surface area (Å²) in [4.78, 5) is 22.9. The van der Waals surface area contributed by atoms with Crippen molar-refractivity contribution in [3.05, 3.63) is 23.8 Å². The molecule has 1 atom stereocenters. The maximum absolute atomic E-state index is 11.9. The highest BCUT2D eigenvalue weighted by Gasteiger charge is 2.27. The second-order valence-electron chi connectivity index (χ2n) is 4.38. The van der Waals surface area contributed by atoms with Crippen LogP contribution < -0.4 is 15.4 Å². The zero-order valence-corrected chi connectivity index (χ0v) is 10.4. The highest BCUT2D eigenvalue weighted by molar-refractivity contribution is 5.97. The minimum atomic E-state index is -0.278. The molecule has 18 heavy (non-hydrogen) atoms. The Labute approximate surface area is 106 Å². The molecule has 1 fully saturated rings. The highest BCUT2D eigenvalue weighted by atomic mass is 16.5. The van der Waals surface area contributed by atoms with Gasteiger partial charge in [0, 0.05) is 18.7 Å². The van der Waals surface area contributed by atoms with Gasteiger partial charge in [-0.2, -0.15) is 0 Å². The Kier molecular flexibility index (Phi) is 3.50. The number of anilines is 1. The van der Waals surface area contributed by atoms with Crippen LogP contribution in [0.25, 0.3) is 0 Å². The van der Waals surface area contributed by atoms with Crippen LogP contribution in [0.4, 0.5) is 5.69 Å². The van der Waals surface area contributed by atoms with E-state index in [0.29, 0.717) is 6.54 Å². The van der Waals surface area contributed by atoms with Crippen LogP contribution in [0.15, 0.2) is 18.2 Å². The quantitative estimate of drug-likeness (QED) is 0.841. The van der Waals surface area contributed by atoms with E-state index in [1.54, 1.807) is 13.2 Å². The molecular weight excluding hydrogens is 232 g/mol. The summed E-state index contributed by atoms with van der Waals surface area (Å²) in [6, 6.07) is 5.44. The average molecular weight is 248 g/mol. The Bertz CT molecular complexity index is 485. The van der Waals surface area contributed by atoms with E-state index in [1.807, 2.05) is 19.1 Å². The summed E-state index contributed by atoms with van der Waals surface area (Å²) in [6.45, 7) is 2.33. The fourth-order valence-corrected chi connectivity index (χ4v) is 1.99. The topological polar surface area (TPSA) is 67.4 Å². The molecule has 1 aromatic carbocycles. The lowest BCUT2D eigenvalue weighted by Crippen LogP contribution is -2.24. The van der Waals surface area contributed by atoms with E-state index < -0.39 is 0 Å². The molecule has 1 aliphatic heterocycles. The number of amides is 2. The van der Waals surface area contributed by atoms with Gasteiger partial charge in [0.1, 0.15) is 5.75 Å². The van der Waals surface area contributed by atoms with Crippen molar-refractivity contribution in [1.82, 2.24) is 5.32 Å². The molecule has 0 aromatic heterocycles. The summed E-state index contributed by atoms with van der Waals surface area (Å²) in [5.41, 5.74) is 1.67. The Morgan fingerprint density at radius 2 is 2.28 bits per heavy atom. The molecule has 1 saturated heterocycles. The number of carbonyl (C=O) groups excluding carboxylic acids is 2. The van der Waals surface area contributed by atoms with Crippen molar-refractivity contribution in [3.8, 4) is 5.75 Å². The van der Waals surface area contributed by atoms with Gasteiger partial charge in [-0.3, -0.25) is 9.59 Å². The Hall–Kier alpha value is -2.04. The molecule has 2 N–H and O–H groups in total. The molecule has 1 unspecified atom stereocenters. The van der Waals surface area contributed by atoms with Crippen LogP contribution >= 0.6 is 0 Å². The van der Waals surface area contributed by atoms with Gasteiger partial charge in [0.05, 0.1) is 13.0 Å². The molecule has 96 valence electrons. The van der Waals surface area contributed by atoms with Gasteiger partial charge in [-0.1, -0.05) is 0 Å². The molecule has 0 aliphatic carbocycles. The van der Waals surface area contributed by atoms with Crippen molar-refractivity contribution < 1.29 is 14.3 Å². The molecule has 0 saturated carbocycles. The molecule has 1 aliphatic rings. The molecule has 5 nitrogen and oxygen atoms in total. The van der Waals surface area contributed by atoms with E-state index in [9.17, 15) is 9.59 Å². The zero-order valence-electron chi connectivity index (χ0n) is 10.4. The van der Waals surface area contributed by atoms with Crippen molar-refractivity contribution in [2.45, 2.75) is 13.3 Å². The Balaban J connectivity index is 2.03. The van der Waals surface area contributed by atoms with Gasteiger partial charge in [0.25, 0.3) is 0 Å². The number of carbonyl (C=O) groups is 2. The summed E-state index contributed by atoms with van der Waals surface area (Å²) >= 11 is 0. The smallest absolute Gasteiger partial charge is 0.229 e. The number of hydrogen-bond donors (Lipinski definition) is 2. The molecule has 0 radical (unpaired) electrons. The van der Waals surface area contributed by atoms with Crippen molar-refractivity contribution in [2.24, 2.45) is 5.92 Å². The van der Waals surface area contributed by atoms with Gasteiger partial charge in [-0.15, -0.1) is 0 Å². The first kappa shape index (κ1) is 12.4. The van der Waals surface area contributed by atoms with Crippen molar-refractivity contribution >= 4 is 17.5 Å². The summed E-state index contributed by atoms with van der Waals surface area (Å²) in [6.07, 6.45) is 0.265. The second-order valence-corrected chi connectivity index (χ2v) is 4.38. The van der Waals surface area contributed by atoms with Crippen molar-refractivity contribution in [1.29, 1.82) is 0 Å². The Morgan fingerprint density at radius 3 is 2.83 bits per heavy atom. The van der Waals surface area contributed by atoms with Crippen LogP contribution in [-0.2, 0) is 9.59 Å². The normalized spacial score (nSPS) is 18.3. The first-order valence-corrected chi connectivity index (χ1v) is 5.82. The lowest BCUT2D eigenvalue weighted by atomic mass is 10.1. The number of ether oxygens (including phenoxy) is 1. The molecule has 2 rings (SSSR count). The maximum Gasteiger partial charge on any atom is 0.229 e. The molecule has 0 bridgehead atoms. The number of benzene rings is 1. The minimum absolute atomic E-state index is 0.0685. The predicted molar refractivity (Wildman–Crippen MR) is 67.5 cm³/mol. The number of rotatable bonds is 3. The summed E-state index contributed by atoms with van der Waals surface area (Å²) in [5, 5.41) is 5.46. The van der Waals surface area contributed by atoms with E-state index >= 15 is 0 Å². The molecule has 5 heteroatoms. The van der Waals surface area contributed by atoms with Gasteiger partial charge < -0.3 is 15.4 Å². The molecule has 1 aromatic rings. The predicted octanol–water partition coefficient (Wildman–Crippen LogP) is 1.08. The monoisotopic (exact) mass is 248 g/mol. The minimum Gasteiger partial charge on any atom is -0.496 e. The first-order chi connectivity index (χ1) is 8.60. The van der Waals surface area contributed by atoms with Gasteiger partial charge in [0.15, 0.2) is 0 Å². The number of nitrogens with one attached hydrogen (secondary N) is 2. The fourth-order valence-electron chi connectivity index (χ4n) is 1.99. The van der Waals surface area contributed by atoms with Gasteiger partial charge in [-0.25, -0.2) is 0 Å². The summed E-state index contributed by atoms with van der Waals surface area (Å²) in [7, 11) is 1.61. The highest BCUT2D eigenvalue weighted by Crippen LogP contribution is 2.22. The standard InChI is InChI=1S/C13H16N2O3/c1-8-5-10(3-4-11(8)18-2)15-13(17)9-6-12(16)14-7-9/h3-5,9H,6-7H2,1-2H3,(H,14,16)(H,15,17). The van der Waals surface area contributed by atoms with Crippen LogP contribution in [0.2, 0.25) is 0 Å². The third-order valence-electron chi connectivity index (χ3n) is 3.01. The number of methoxy groups -OCH3 is 1. The third kappa shape index (κ3) is 2.61. The first-order valence-electron chi connectivity index (χ1n) is 5.82. The van der Waals surface area contributed by atoms with E-state index in [4.69, 9.17) is 4.74 Å². The van der Waals surface area contributed by atoms with E-state index in [1.165, 1.54) is 0 Å². The average Bonchev–Trinajstić information content (AvgIpc) is 2.76. The molecule has 2 amide bonds. The van der Waals surface area contributed by atoms with Crippen LogP contribution in [-0.4, -0.2) is 25.5 Å². The Morgan fingerprint density at radius 1 is 1.50 bits per heavy atom. The van der Waals surface area contributed by atoms with Crippen LogP contribution in [0.1, 0.15) is 12.0 Å². The maximum atomic E-state index is 11.9. The number of aryl methyl sites for hydroxylation is 1.